The van der Waals surface area contributed by atoms with Crippen LogP contribution in [-0.4, -0.2) is 6.67 Å². The van der Waals surface area contributed by atoms with E-state index < -0.39 is 6.67 Å². The van der Waals surface area contributed by atoms with Crippen molar-refractivity contribution in [1.29, 1.82) is 5.26 Å². The summed E-state index contributed by atoms with van der Waals surface area (Å²) in [6, 6.07) is 9.54. The van der Waals surface area contributed by atoms with Crippen LogP contribution in [0, 0.1) is 18.3 Å². The summed E-state index contributed by atoms with van der Waals surface area (Å²) in [5.41, 5.74) is 2.80. The number of nitriles is 1. The molecule has 102 valence electrons. The van der Waals surface area contributed by atoms with Crippen LogP contribution in [-0.2, 0) is 0 Å². The lowest BCUT2D eigenvalue weighted by atomic mass is 10.2. The van der Waals surface area contributed by atoms with Crippen LogP contribution in [0.3, 0.4) is 0 Å². The molecule has 0 heterocycles. The van der Waals surface area contributed by atoms with Gasteiger partial charge in [0.2, 0.25) is 0 Å². The van der Waals surface area contributed by atoms with Crippen LogP contribution in [0.5, 0.6) is 0 Å². The molecule has 0 bridgehead atoms. The van der Waals surface area contributed by atoms with Crippen LogP contribution < -0.4 is 0 Å². The number of hydrogen-bond acceptors (Lipinski definition) is 1. The largest absolute Gasteiger partial charge is 0.247 e. The number of aryl methyl sites for hydroxylation is 1. The fraction of sp³-hybridized carbons (Fsp3) is 0.235. The molecule has 0 aromatic heterocycles. The molecule has 0 amide bonds. The Labute approximate surface area is 116 Å². The van der Waals surface area contributed by atoms with Gasteiger partial charge in [0.1, 0.15) is 6.67 Å². The van der Waals surface area contributed by atoms with E-state index in [1.807, 2.05) is 45.0 Å². The highest BCUT2D eigenvalue weighted by Gasteiger charge is 1.84. The Morgan fingerprint density at radius 2 is 1.84 bits per heavy atom. The fourth-order valence-corrected chi connectivity index (χ4v) is 0.874. The predicted octanol–water partition coefficient (Wildman–Crippen LogP) is 5.15. The highest BCUT2D eigenvalue weighted by Crippen LogP contribution is 1.99. The van der Waals surface area contributed by atoms with Crippen LogP contribution in [0.15, 0.2) is 61.2 Å². The van der Waals surface area contributed by atoms with E-state index in [2.05, 4.69) is 19.2 Å². The average Bonchev–Trinajstić information content (AvgIpc) is 2.39. The predicted molar refractivity (Wildman–Crippen MR) is 81.7 cm³/mol. The van der Waals surface area contributed by atoms with Crippen LogP contribution in [0.2, 0.25) is 0 Å². The van der Waals surface area contributed by atoms with E-state index >= 15 is 0 Å². The molecule has 0 aliphatic carbocycles. The van der Waals surface area contributed by atoms with Gasteiger partial charge in [-0.15, -0.1) is 6.58 Å². The first-order chi connectivity index (χ1) is 9.01. The van der Waals surface area contributed by atoms with Crippen molar-refractivity contribution in [3.05, 3.63) is 72.4 Å². The van der Waals surface area contributed by atoms with Gasteiger partial charge in [-0.05, 0) is 32.9 Å². The standard InChI is InChI=1S/C8H7N.C6H9F.C3H6/c1-7-2-4-8(6-9)5-3-7;1-6(2)4-3-5-7;1-3-2/h2-5H,1H3;3-4H,1,5H2,2H3;3H,1H2,2H3/b;4-3-;. The fourth-order valence-electron chi connectivity index (χ4n) is 0.874. The second-order valence-corrected chi connectivity index (χ2v) is 3.79. The number of allylic oxidation sites excluding steroid dienone is 4. The van der Waals surface area contributed by atoms with Gasteiger partial charge in [-0.2, -0.15) is 5.26 Å². The van der Waals surface area contributed by atoms with Gasteiger partial charge < -0.3 is 0 Å². The Hall–Kier alpha value is -2.14. The molecule has 1 rings (SSSR count). The lowest BCUT2D eigenvalue weighted by molar-refractivity contribution is 0.561. The Balaban J connectivity index is 0. The van der Waals surface area contributed by atoms with Gasteiger partial charge in [0.15, 0.2) is 0 Å². The number of benzene rings is 1. The molecule has 0 spiro atoms. The molecule has 1 aromatic carbocycles. The third-order valence-electron chi connectivity index (χ3n) is 1.67. The van der Waals surface area contributed by atoms with E-state index in [0.29, 0.717) is 0 Å². The lowest BCUT2D eigenvalue weighted by Crippen LogP contribution is -1.72. The molecule has 0 radical (unpaired) electrons. The minimum absolute atomic E-state index is 0.396. The Bertz CT molecular complexity index is 422. The van der Waals surface area contributed by atoms with Gasteiger partial charge in [-0.1, -0.05) is 48.1 Å². The molecule has 2 heteroatoms. The van der Waals surface area contributed by atoms with Gasteiger partial charge in [0, 0.05) is 0 Å². The summed E-state index contributed by atoms with van der Waals surface area (Å²) in [6.45, 7) is 12.2. The van der Waals surface area contributed by atoms with Crippen LogP contribution in [0.4, 0.5) is 4.39 Å². The first kappa shape index (κ1) is 19.2. The van der Waals surface area contributed by atoms with Crippen molar-refractivity contribution >= 4 is 0 Å². The zero-order valence-corrected chi connectivity index (χ0v) is 12.0. The van der Waals surface area contributed by atoms with Gasteiger partial charge in [0.05, 0.1) is 11.6 Å². The molecule has 0 fully saturated rings. The number of halogens is 1. The molecule has 0 aliphatic heterocycles. The van der Waals surface area contributed by atoms with Gasteiger partial charge in [-0.3, -0.25) is 0 Å². The van der Waals surface area contributed by atoms with Gasteiger partial charge in [-0.25, -0.2) is 4.39 Å². The maximum Gasteiger partial charge on any atom is 0.108 e. The molecule has 1 nitrogen and oxygen atoms in total. The molecule has 0 saturated heterocycles. The van der Waals surface area contributed by atoms with E-state index in [1.165, 1.54) is 11.6 Å². The minimum atomic E-state index is -0.396. The van der Waals surface area contributed by atoms with Crippen molar-refractivity contribution in [1.82, 2.24) is 0 Å². The van der Waals surface area contributed by atoms with E-state index in [0.717, 1.165) is 11.1 Å². The van der Waals surface area contributed by atoms with Crippen molar-refractivity contribution in [2.24, 2.45) is 0 Å². The Kier molecular flexibility index (Phi) is 14.1. The topological polar surface area (TPSA) is 23.8 Å². The number of nitrogens with zero attached hydrogens (tertiary/aromatic N) is 1. The maximum absolute atomic E-state index is 11.2. The summed E-state index contributed by atoms with van der Waals surface area (Å²) in [6.07, 6.45) is 4.84. The number of hydrogen-bond donors (Lipinski definition) is 0. The first-order valence-corrected chi connectivity index (χ1v) is 5.93. The van der Waals surface area contributed by atoms with Gasteiger partial charge in [0.25, 0.3) is 0 Å². The first-order valence-electron chi connectivity index (χ1n) is 5.93. The lowest BCUT2D eigenvalue weighted by Gasteiger charge is -1.88. The summed E-state index contributed by atoms with van der Waals surface area (Å²) >= 11 is 0. The van der Waals surface area contributed by atoms with Crippen molar-refractivity contribution in [2.75, 3.05) is 6.67 Å². The molecule has 0 aliphatic rings. The summed E-state index contributed by atoms with van der Waals surface area (Å²) in [7, 11) is 0. The zero-order valence-electron chi connectivity index (χ0n) is 12.0. The van der Waals surface area contributed by atoms with Crippen LogP contribution in [0.1, 0.15) is 25.0 Å². The van der Waals surface area contributed by atoms with E-state index in [4.69, 9.17) is 5.26 Å². The SMILES string of the molecule is C=C(C)/C=C\CF.C=CC.Cc1ccc(C#N)cc1. The summed E-state index contributed by atoms with van der Waals surface area (Å²) in [5, 5.41) is 8.38. The van der Waals surface area contributed by atoms with E-state index in [1.54, 1.807) is 12.2 Å². The van der Waals surface area contributed by atoms with Crippen LogP contribution in [0.25, 0.3) is 0 Å². The quantitative estimate of drug-likeness (QED) is 0.532. The van der Waals surface area contributed by atoms with Crippen molar-refractivity contribution in [3.63, 3.8) is 0 Å². The number of alkyl halides is 1. The minimum Gasteiger partial charge on any atom is -0.247 e. The highest BCUT2D eigenvalue weighted by atomic mass is 19.1. The van der Waals surface area contributed by atoms with E-state index in [-0.39, 0.29) is 0 Å². The van der Waals surface area contributed by atoms with E-state index in [9.17, 15) is 4.39 Å². The summed E-state index contributed by atoms with van der Waals surface area (Å²) in [5.74, 6) is 0. The average molecular weight is 259 g/mol. The molecule has 1 aromatic rings. The molecule has 0 unspecified atom stereocenters. The number of rotatable bonds is 2. The van der Waals surface area contributed by atoms with Gasteiger partial charge >= 0.3 is 0 Å². The second kappa shape index (κ2) is 13.9. The third kappa shape index (κ3) is 15.9. The van der Waals surface area contributed by atoms with Crippen molar-refractivity contribution in [2.45, 2.75) is 20.8 Å². The summed E-state index contributed by atoms with van der Waals surface area (Å²) < 4.78 is 11.2. The smallest absolute Gasteiger partial charge is 0.108 e. The molecule has 0 atom stereocenters. The monoisotopic (exact) mass is 259 g/mol. The highest BCUT2D eigenvalue weighted by molar-refractivity contribution is 5.30. The van der Waals surface area contributed by atoms with Crippen LogP contribution >= 0.6 is 0 Å². The Morgan fingerprint density at radius 3 is 2.11 bits per heavy atom. The molecule has 19 heavy (non-hydrogen) atoms. The zero-order chi connectivity index (χ0) is 15.1. The molecule has 0 saturated carbocycles. The third-order valence-corrected chi connectivity index (χ3v) is 1.67. The molecular weight excluding hydrogens is 237 g/mol. The maximum atomic E-state index is 11.2. The second-order valence-electron chi connectivity index (χ2n) is 3.79. The summed E-state index contributed by atoms with van der Waals surface area (Å²) in [4.78, 5) is 0. The van der Waals surface area contributed by atoms with Crippen molar-refractivity contribution in [3.8, 4) is 6.07 Å². The van der Waals surface area contributed by atoms with Crippen molar-refractivity contribution < 1.29 is 4.39 Å². The Morgan fingerprint density at radius 1 is 1.37 bits per heavy atom. The molecule has 0 N–H and O–H groups in total. The normalized spacial score (nSPS) is 8.37. The molecular formula is C17H22FN.